The van der Waals surface area contributed by atoms with Crippen molar-refractivity contribution in [2.75, 3.05) is 17.4 Å². The molecule has 1 aromatic heterocycles. The predicted molar refractivity (Wildman–Crippen MR) is 79.1 cm³/mol. The number of nitrogens with two attached hydrogens (primary N) is 1. The number of amides is 1. The number of benzene rings is 1. The number of carbonyl (C=O) groups excluding carboxylic acids is 1. The van der Waals surface area contributed by atoms with Crippen LogP contribution in [0.2, 0.25) is 0 Å². The fourth-order valence-corrected chi connectivity index (χ4v) is 1.64. The van der Waals surface area contributed by atoms with Gasteiger partial charge in [-0.25, -0.2) is 0 Å². The van der Waals surface area contributed by atoms with E-state index in [9.17, 15) is 4.79 Å². The van der Waals surface area contributed by atoms with Gasteiger partial charge in [-0.3, -0.25) is 9.63 Å². The van der Waals surface area contributed by atoms with Crippen LogP contribution in [0.1, 0.15) is 19.8 Å². The second-order valence-electron chi connectivity index (χ2n) is 4.30. The molecule has 0 spiro atoms. The van der Waals surface area contributed by atoms with Crippen LogP contribution < -0.4 is 10.8 Å². The Labute approximate surface area is 122 Å². The number of nitrogen functional groups attached to an aromatic ring is 1. The fraction of sp³-hybridized carbons (Fsp3) is 0.286. The molecule has 2 rings (SSSR count). The number of aromatic nitrogens is 3. The Balaban J connectivity index is 2.27. The van der Waals surface area contributed by atoms with Gasteiger partial charge in [0.05, 0.1) is 6.61 Å². The number of rotatable bonds is 7. The van der Waals surface area contributed by atoms with Crippen LogP contribution in [0.25, 0.3) is 11.4 Å². The molecule has 1 aromatic carbocycles. The molecular formula is C14H17N5O2. The van der Waals surface area contributed by atoms with Gasteiger partial charge in [-0.15, -0.1) is 0 Å². The van der Waals surface area contributed by atoms with E-state index in [0.29, 0.717) is 18.8 Å². The van der Waals surface area contributed by atoms with Crippen LogP contribution in [0, 0.1) is 0 Å². The minimum atomic E-state index is 0.0322. The van der Waals surface area contributed by atoms with E-state index in [1.807, 2.05) is 37.3 Å². The summed E-state index contributed by atoms with van der Waals surface area (Å²) in [7, 11) is 0. The number of hydroxylamine groups is 1. The zero-order valence-electron chi connectivity index (χ0n) is 11.8. The third-order valence-corrected chi connectivity index (χ3v) is 2.69. The van der Waals surface area contributed by atoms with E-state index in [4.69, 9.17) is 10.6 Å². The SMILES string of the molecule is CCCCON(C=O)c1nc(N)nc(-c2ccccc2)n1. The Bertz CT molecular complexity index is 591. The maximum Gasteiger partial charge on any atom is 0.262 e. The largest absolute Gasteiger partial charge is 0.368 e. The molecule has 0 aliphatic heterocycles. The van der Waals surface area contributed by atoms with E-state index in [2.05, 4.69) is 15.0 Å². The number of carbonyl (C=O) groups is 1. The molecule has 1 amide bonds. The molecule has 0 radical (unpaired) electrons. The Morgan fingerprint density at radius 3 is 2.67 bits per heavy atom. The summed E-state index contributed by atoms with van der Waals surface area (Å²) < 4.78 is 0. The van der Waals surface area contributed by atoms with Crippen molar-refractivity contribution >= 4 is 18.3 Å². The van der Waals surface area contributed by atoms with Crippen molar-refractivity contribution in [3.05, 3.63) is 30.3 Å². The van der Waals surface area contributed by atoms with Gasteiger partial charge in [0.1, 0.15) is 0 Å². The van der Waals surface area contributed by atoms with Crippen LogP contribution >= 0.6 is 0 Å². The highest BCUT2D eigenvalue weighted by atomic mass is 16.7. The Morgan fingerprint density at radius 1 is 1.24 bits per heavy atom. The van der Waals surface area contributed by atoms with Gasteiger partial charge in [0, 0.05) is 5.56 Å². The lowest BCUT2D eigenvalue weighted by Gasteiger charge is -2.15. The predicted octanol–water partition coefficient (Wildman–Crippen LogP) is 1.82. The van der Waals surface area contributed by atoms with Gasteiger partial charge >= 0.3 is 0 Å². The van der Waals surface area contributed by atoms with E-state index in [0.717, 1.165) is 23.5 Å². The maximum absolute atomic E-state index is 11.1. The quantitative estimate of drug-likeness (QED) is 0.474. The van der Waals surface area contributed by atoms with Crippen molar-refractivity contribution in [1.29, 1.82) is 0 Å². The van der Waals surface area contributed by atoms with Crippen molar-refractivity contribution in [3.8, 4) is 11.4 Å². The van der Waals surface area contributed by atoms with E-state index in [1.165, 1.54) is 0 Å². The van der Waals surface area contributed by atoms with E-state index in [1.54, 1.807) is 0 Å². The fourth-order valence-electron chi connectivity index (χ4n) is 1.64. The van der Waals surface area contributed by atoms with E-state index in [-0.39, 0.29) is 11.9 Å². The molecule has 0 saturated heterocycles. The van der Waals surface area contributed by atoms with Crippen LogP contribution in [0.4, 0.5) is 11.9 Å². The summed E-state index contributed by atoms with van der Waals surface area (Å²) in [6.07, 6.45) is 2.30. The first-order valence-electron chi connectivity index (χ1n) is 6.69. The summed E-state index contributed by atoms with van der Waals surface area (Å²) in [5.74, 6) is 0.501. The van der Waals surface area contributed by atoms with Gasteiger partial charge in [-0.1, -0.05) is 43.7 Å². The monoisotopic (exact) mass is 287 g/mol. The number of nitrogens with zero attached hydrogens (tertiary/aromatic N) is 4. The topological polar surface area (TPSA) is 94.2 Å². The van der Waals surface area contributed by atoms with Gasteiger partial charge in [-0.2, -0.15) is 20.0 Å². The van der Waals surface area contributed by atoms with Gasteiger partial charge < -0.3 is 5.73 Å². The van der Waals surface area contributed by atoms with Crippen molar-refractivity contribution in [3.63, 3.8) is 0 Å². The van der Waals surface area contributed by atoms with Crippen molar-refractivity contribution in [1.82, 2.24) is 15.0 Å². The smallest absolute Gasteiger partial charge is 0.262 e. The molecule has 0 fully saturated rings. The van der Waals surface area contributed by atoms with Gasteiger partial charge in [-0.05, 0) is 6.42 Å². The van der Waals surface area contributed by atoms with Gasteiger partial charge in [0.25, 0.3) is 5.95 Å². The molecule has 0 unspecified atom stereocenters. The number of unbranched alkanes of at least 4 members (excludes halogenated alkanes) is 1. The molecule has 0 aliphatic carbocycles. The first-order valence-corrected chi connectivity index (χ1v) is 6.69. The lowest BCUT2D eigenvalue weighted by molar-refractivity contribution is -0.114. The average molecular weight is 287 g/mol. The highest BCUT2D eigenvalue weighted by Gasteiger charge is 2.13. The summed E-state index contributed by atoms with van der Waals surface area (Å²) >= 11 is 0. The zero-order valence-corrected chi connectivity index (χ0v) is 11.8. The Hall–Kier alpha value is -2.54. The van der Waals surface area contributed by atoms with Crippen molar-refractivity contribution in [2.45, 2.75) is 19.8 Å². The first-order chi connectivity index (χ1) is 10.2. The molecule has 7 nitrogen and oxygen atoms in total. The molecule has 2 N–H and O–H groups in total. The summed E-state index contributed by atoms with van der Waals surface area (Å²) in [6, 6.07) is 9.32. The van der Waals surface area contributed by atoms with Crippen LogP contribution in [0.3, 0.4) is 0 Å². The van der Waals surface area contributed by atoms with Crippen LogP contribution in [0.15, 0.2) is 30.3 Å². The number of hydrogen-bond donors (Lipinski definition) is 1. The minimum Gasteiger partial charge on any atom is -0.368 e. The highest BCUT2D eigenvalue weighted by Crippen LogP contribution is 2.18. The highest BCUT2D eigenvalue weighted by molar-refractivity contribution is 5.69. The Morgan fingerprint density at radius 2 is 2.00 bits per heavy atom. The Kier molecular flexibility index (Phi) is 5.16. The lowest BCUT2D eigenvalue weighted by atomic mass is 10.2. The normalized spacial score (nSPS) is 10.3. The van der Waals surface area contributed by atoms with Crippen LogP contribution in [-0.4, -0.2) is 28.0 Å². The third kappa shape index (κ3) is 3.96. The van der Waals surface area contributed by atoms with Crippen LogP contribution in [-0.2, 0) is 9.63 Å². The van der Waals surface area contributed by atoms with Gasteiger partial charge in [0.15, 0.2) is 5.82 Å². The minimum absolute atomic E-state index is 0.0322. The number of anilines is 2. The van der Waals surface area contributed by atoms with Crippen molar-refractivity contribution in [2.24, 2.45) is 0 Å². The van der Waals surface area contributed by atoms with Crippen molar-refractivity contribution < 1.29 is 9.63 Å². The maximum atomic E-state index is 11.1. The zero-order chi connectivity index (χ0) is 15.1. The molecule has 0 saturated carbocycles. The summed E-state index contributed by atoms with van der Waals surface area (Å²) in [5.41, 5.74) is 6.47. The molecule has 0 atom stereocenters. The second kappa shape index (κ2) is 7.30. The lowest BCUT2D eigenvalue weighted by Crippen LogP contribution is -2.25. The molecule has 7 heteroatoms. The van der Waals surface area contributed by atoms with Gasteiger partial charge in [0.2, 0.25) is 12.4 Å². The average Bonchev–Trinajstić information content (AvgIpc) is 2.52. The summed E-state index contributed by atoms with van der Waals surface area (Å²) in [5, 5.41) is 0.972. The molecule has 1 heterocycles. The second-order valence-corrected chi connectivity index (χ2v) is 4.30. The third-order valence-electron chi connectivity index (χ3n) is 2.69. The number of hydrogen-bond acceptors (Lipinski definition) is 6. The molecule has 0 bridgehead atoms. The standard InChI is InChI=1S/C14H17N5O2/c1-2-3-9-21-19(10-20)14-17-12(16-13(15)18-14)11-7-5-4-6-8-11/h4-8,10H,2-3,9H2,1H3,(H2,15,16,17,18). The van der Waals surface area contributed by atoms with Crippen LogP contribution in [0.5, 0.6) is 0 Å². The molecule has 110 valence electrons. The molecule has 21 heavy (non-hydrogen) atoms. The van der Waals surface area contributed by atoms with E-state index >= 15 is 0 Å². The molecule has 2 aromatic rings. The first kappa shape index (κ1) is 14.9. The molecule has 0 aliphatic rings. The summed E-state index contributed by atoms with van der Waals surface area (Å²) in [6.45, 7) is 2.44. The van der Waals surface area contributed by atoms with E-state index < -0.39 is 0 Å². The summed E-state index contributed by atoms with van der Waals surface area (Å²) in [4.78, 5) is 28.7. The molecular weight excluding hydrogens is 270 g/mol.